The zero-order chi connectivity index (χ0) is 11.6. The quantitative estimate of drug-likeness (QED) is 0.532. The van der Waals surface area contributed by atoms with E-state index in [-0.39, 0.29) is 23.8 Å². The maximum atomic E-state index is 12.1. The van der Waals surface area contributed by atoms with Gasteiger partial charge < -0.3 is 4.74 Å². The summed E-state index contributed by atoms with van der Waals surface area (Å²) >= 11 is 0. The van der Waals surface area contributed by atoms with Gasteiger partial charge in [-0.05, 0) is 26.7 Å². The summed E-state index contributed by atoms with van der Waals surface area (Å²) in [6, 6.07) is 0. The first-order valence-electron chi connectivity index (χ1n) is 5.70. The third-order valence-electron chi connectivity index (χ3n) is 3.18. The summed E-state index contributed by atoms with van der Waals surface area (Å²) < 4.78 is 5.36. The summed E-state index contributed by atoms with van der Waals surface area (Å²) in [5.41, 5.74) is -0.953. The van der Waals surface area contributed by atoms with E-state index < -0.39 is 5.41 Å². The van der Waals surface area contributed by atoms with Crippen molar-refractivity contribution in [2.75, 3.05) is 0 Å². The number of ketones is 1. The first-order chi connectivity index (χ1) is 6.95. The van der Waals surface area contributed by atoms with E-state index in [1.807, 2.05) is 13.8 Å². The Hall–Kier alpha value is -0.860. The molecule has 1 saturated heterocycles. The standard InChI is InChI=1S/C12H20O3/c1-5-7-9-8(6-2)10(13)12(3,4)11(14)15-9/h8-9H,5-7H2,1-4H3/t8-,9+/m0/s1. The molecule has 1 rings (SSSR count). The van der Waals surface area contributed by atoms with Crippen LogP contribution in [0, 0.1) is 11.3 Å². The summed E-state index contributed by atoms with van der Waals surface area (Å²) in [6.45, 7) is 7.32. The molecule has 1 heterocycles. The summed E-state index contributed by atoms with van der Waals surface area (Å²) in [7, 11) is 0. The van der Waals surface area contributed by atoms with E-state index >= 15 is 0 Å². The van der Waals surface area contributed by atoms with Crippen molar-refractivity contribution >= 4 is 11.8 Å². The number of rotatable bonds is 3. The Kier molecular flexibility index (Phi) is 3.53. The van der Waals surface area contributed by atoms with E-state index in [9.17, 15) is 9.59 Å². The van der Waals surface area contributed by atoms with Crippen molar-refractivity contribution in [1.82, 2.24) is 0 Å². The number of carbonyl (C=O) groups is 2. The van der Waals surface area contributed by atoms with Crippen LogP contribution >= 0.6 is 0 Å². The van der Waals surface area contributed by atoms with Crippen LogP contribution in [0.15, 0.2) is 0 Å². The van der Waals surface area contributed by atoms with E-state index in [2.05, 4.69) is 0 Å². The van der Waals surface area contributed by atoms with Gasteiger partial charge >= 0.3 is 5.97 Å². The third-order valence-corrected chi connectivity index (χ3v) is 3.18. The van der Waals surface area contributed by atoms with Gasteiger partial charge in [-0.1, -0.05) is 20.3 Å². The number of hydrogen-bond donors (Lipinski definition) is 0. The molecular formula is C12H20O3. The van der Waals surface area contributed by atoms with E-state index in [1.165, 1.54) is 0 Å². The molecule has 2 atom stereocenters. The summed E-state index contributed by atoms with van der Waals surface area (Å²) in [4.78, 5) is 23.7. The fourth-order valence-corrected chi connectivity index (χ4v) is 2.09. The van der Waals surface area contributed by atoms with Crippen LogP contribution < -0.4 is 0 Å². The number of cyclic esters (lactones) is 1. The van der Waals surface area contributed by atoms with Gasteiger partial charge in [-0.25, -0.2) is 0 Å². The minimum atomic E-state index is -0.953. The maximum absolute atomic E-state index is 12.1. The monoisotopic (exact) mass is 212 g/mol. The van der Waals surface area contributed by atoms with Crippen molar-refractivity contribution in [3.63, 3.8) is 0 Å². The highest BCUT2D eigenvalue weighted by Crippen LogP contribution is 2.35. The van der Waals surface area contributed by atoms with E-state index in [4.69, 9.17) is 4.74 Å². The predicted octanol–water partition coefficient (Wildman–Crippen LogP) is 2.33. The van der Waals surface area contributed by atoms with Gasteiger partial charge in [-0.3, -0.25) is 9.59 Å². The highest BCUT2D eigenvalue weighted by atomic mass is 16.5. The molecule has 1 aliphatic rings. The van der Waals surface area contributed by atoms with Crippen LogP contribution in [0.5, 0.6) is 0 Å². The SMILES string of the molecule is CCC[C@H]1OC(=O)C(C)(C)C(=O)[C@H]1CC. The first-order valence-corrected chi connectivity index (χ1v) is 5.70. The molecule has 3 nitrogen and oxygen atoms in total. The highest BCUT2D eigenvalue weighted by Gasteiger charge is 2.49. The molecular weight excluding hydrogens is 192 g/mol. The number of hydrogen-bond acceptors (Lipinski definition) is 3. The topological polar surface area (TPSA) is 43.4 Å². The molecule has 0 aromatic heterocycles. The van der Waals surface area contributed by atoms with E-state index in [0.717, 1.165) is 19.3 Å². The Bertz CT molecular complexity index is 268. The van der Waals surface area contributed by atoms with Crippen LogP contribution in [0.1, 0.15) is 47.0 Å². The number of Topliss-reactive ketones (excluding diaryl/α,β-unsaturated/α-hetero) is 1. The lowest BCUT2D eigenvalue weighted by Crippen LogP contribution is -2.50. The molecule has 0 spiro atoms. The fraction of sp³-hybridized carbons (Fsp3) is 0.833. The average molecular weight is 212 g/mol. The van der Waals surface area contributed by atoms with Gasteiger partial charge in [0.2, 0.25) is 0 Å². The molecule has 3 heteroatoms. The Morgan fingerprint density at radius 2 is 1.87 bits per heavy atom. The van der Waals surface area contributed by atoms with Gasteiger partial charge in [-0.2, -0.15) is 0 Å². The number of ether oxygens (including phenoxy) is 1. The van der Waals surface area contributed by atoms with E-state index in [1.54, 1.807) is 13.8 Å². The normalized spacial score (nSPS) is 30.1. The highest BCUT2D eigenvalue weighted by molar-refractivity contribution is 6.06. The molecule has 0 aromatic rings. The second-order valence-corrected chi connectivity index (χ2v) is 4.74. The Morgan fingerprint density at radius 3 is 2.33 bits per heavy atom. The molecule has 1 fully saturated rings. The maximum Gasteiger partial charge on any atom is 0.319 e. The third kappa shape index (κ3) is 2.06. The van der Waals surface area contributed by atoms with Crippen LogP contribution in [0.25, 0.3) is 0 Å². The average Bonchev–Trinajstić information content (AvgIpc) is 2.16. The molecule has 0 aromatic carbocycles. The largest absolute Gasteiger partial charge is 0.461 e. The lowest BCUT2D eigenvalue weighted by atomic mass is 9.75. The van der Waals surface area contributed by atoms with Gasteiger partial charge in [0.1, 0.15) is 11.5 Å². The Morgan fingerprint density at radius 1 is 1.27 bits per heavy atom. The zero-order valence-corrected chi connectivity index (χ0v) is 10.0. The molecule has 0 saturated carbocycles. The second-order valence-electron chi connectivity index (χ2n) is 4.74. The summed E-state index contributed by atoms with van der Waals surface area (Å²) in [6.07, 6.45) is 2.27. The van der Waals surface area contributed by atoms with Gasteiger partial charge in [0.15, 0.2) is 5.78 Å². The van der Waals surface area contributed by atoms with Crippen molar-refractivity contribution in [2.45, 2.75) is 53.1 Å². The second kappa shape index (κ2) is 4.33. The predicted molar refractivity (Wildman–Crippen MR) is 57.4 cm³/mol. The zero-order valence-electron chi connectivity index (χ0n) is 10.0. The molecule has 15 heavy (non-hydrogen) atoms. The van der Waals surface area contributed by atoms with Crippen LogP contribution in [0.4, 0.5) is 0 Å². The van der Waals surface area contributed by atoms with Crippen LogP contribution in [-0.2, 0) is 14.3 Å². The van der Waals surface area contributed by atoms with Gasteiger partial charge in [0.05, 0.1) is 5.92 Å². The molecule has 0 unspecified atom stereocenters. The summed E-state index contributed by atoms with van der Waals surface area (Å²) in [5.74, 6) is -0.437. The van der Waals surface area contributed by atoms with Crippen molar-refractivity contribution in [3.05, 3.63) is 0 Å². The lowest BCUT2D eigenvalue weighted by molar-refractivity contribution is -0.178. The van der Waals surface area contributed by atoms with Crippen molar-refractivity contribution in [2.24, 2.45) is 11.3 Å². The lowest BCUT2D eigenvalue weighted by Gasteiger charge is -2.37. The fourth-order valence-electron chi connectivity index (χ4n) is 2.09. The Labute approximate surface area is 91.2 Å². The first kappa shape index (κ1) is 12.2. The van der Waals surface area contributed by atoms with Crippen LogP contribution in [-0.4, -0.2) is 17.9 Å². The molecule has 0 radical (unpaired) electrons. The van der Waals surface area contributed by atoms with Crippen LogP contribution in [0.2, 0.25) is 0 Å². The molecule has 0 bridgehead atoms. The van der Waals surface area contributed by atoms with Crippen molar-refractivity contribution < 1.29 is 14.3 Å². The minimum Gasteiger partial charge on any atom is -0.461 e. The van der Waals surface area contributed by atoms with Gasteiger partial charge in [0.25, 0.3) is 0 Å². The molecule has 0 amide bonds. The minimum absolute atomic E-state index is 0.0414. The van der Waals surface area contributed by atoms with Crippen LogP contribution in [0.3, 0.4) is 0 Å². The molecule has 0 aliphatic carbocycles. The molecule has 86 valence electrons. The number of carbonyl (C=O) groups excluding carboxylic acids is 2. The van der Waals surface area contributed by atoms with Gasteiger partial charge in [-0.15, -0.1) is 0 Å². The Balaban J connectivity index is 2.90. The van der Waals surface area contributed by atoms with E-state index in [0.29, 0.717) is 0 Å². The molecule has 0 N–H and O–H groups in total. The summed E-state index contributed by atoms with van der Waals surface area (Å²) in [5, 5.41) is 0. The number of esters is 1. The molecule has 1 aliphatic heterocycles. The van der Waals surface area contributed by atoms with Crippen molar-refractivity contribution in [3.8, 4) is 0 Å². The van der Waals surface area contributed by atoms with Crippen molar-refractivity contribution in [1.29, 1.82) is 0 Å². The smallest absolute Gasteiger partial charge is 0.319 e. The van der Waals surface area contributed by atoms with Gasteiger partial charge in [0, 0.05) is 0 Å².